The molecule has 0 saturated carbocycles. The zero-order valence-corrected chi connectivity index (χ0v) is 15.2. The van der Waals surface area contributed by atoms with Gasteiger partial charge in [0, 0.05) is 5.56 Å². The fraction of sp³-hybridized carbons (Fsp3) is 0.222. The largest absolute Gasteiger partial charge is 0.417 e. The van der Waals surface area contributed by atoms with Crippen LogP contribution in [0.3, 0.4) is 0 Å². The number of pyridine rings is 1. The Hall–Kier alpha value is -2.81. The summed E-state index contributed by atoms with van der Waals surface area (Å²) in [7, 11) is 0. The summed E-state index contributed by atoms with van der Waals surface area (Å²) in [4.78, 5) is 15.3. The minimum atomic E-state index is -4.66. The Labute approximate surface area is 156 Å². The number of carbonyl (C=O) groups excluding carboxylic acids is 1. The van der Waals surface area contributed by atoms with Crippen LogP contribution < -0.4 is 16.2 Å². The topological polar surface area (TPSA) is 91.2 Å². The van der Waals surface area contributed by atoms with Gasteiger partial charge in [0.05, 0.1) is 22.3 Å². The van der Waals surface area contributed by atoms with Crippen LogP contribution in [0.2, 0.25) is 0 Å². The highest BCUT2D eigenvalue weighted by atomic mass is 32.1. The number of rotatable bonds is 3. The highest BCUT2D eigenvalue weighted by molar-refractivity contribution is 7.21. The first-order chi connectivity index (χ1) is 12.6. The van der Waals surface area contributed by atoms with E-state index in [0.29, 0.717) is 11.5 Å². The molecule has 1 amide bonds. The summed E-state index contributed by atoms with van der Waals surface area (Å²) in [5.74, 6) is 0.297. The second-order valence-corrected chi connectivity index (χ2v) is 7.20. The smallest absolute Gasteiger partial charge is 0.397 e. The van der Waals surface area contributed by atoms with Crippen molar-refractivity contribution in [2.24, 2.45) is 5.73 Å². The van der Waals surface area contributed by atoms with Gasteiger partial charge in [-0.05, 0) is 17.5 Å². The molecule has 4 N–H and O–H groups in total. The van der Waals surface area contributed by atoms with E-state index in [1.807, 2.05) is 26.0 Å². The molecule has 0 aliphatic rings. The zero-order chi connectivity index (χ0) is 19.9. The number of aromatic nitrogens is 1. The SMILES string of the molecule is CC(C)c1ccc(-c2cc(C(F)(F)F)c3c(N)c(OC(N)=O)sc3n2)cc1. The third-order valence-corrected chi connectivity index (χ3v) is 5.01. The molecule has 9 heteroatoms. The van der Waals surface area contributed by atoms with E-state index in [9.17, 15) is 18.0 Å². The van der Waals surface area contributed by atoms with Crippen molar-refractivity contribution < 1.29 is 22.7 Å². The van der Waals surface area contributed by atoms with E-state index in [1.54, 1.807) is 12.1 Å². The molecule has 3 rings (SSSR count). The highest BCUT2D eigenvalue weighted by Crippen LogP contribution is 2.46. The van der Waals surface area contributed by atoms with Gasteiger partial charge in [-0.15, -0.1) is 0 Å². The number of nitrogen functional groups attached to an aromatic ring is 1. The van der Waals surface area contributed by atoms with Crippen molar-refractivity contribution in [1.29, 1.82) is 0 Å². The van der Waals surface area contributed by atoms with Crippen molar-refractivity contribution in [3.8, 4) is 16.3 Å². The standard InChI is InChI=1S/C18H16F3N3O2S/c1-8(2)9-3-5-10(6-4-9)12-7-11(18(19,20)21)13-14(22)16(26-17(23)25)27-15(13)24-12/h3-8H,22H2,1-2H3,(H2,23,25). The van der Waals surface area contributed by atoms with Gasteiger partial charge in [-0.25, -0.2) is 9.78 Å². The number of nitrogens with two attached hydrogens (primary N) is 2. The van der Waals surface area contributed by atoms with Crippen LogP contribution in [0.15, 0.2) is 30.3 Å². The normalized spacial score (nSPS) is 11.9. The maximum Gasteiger partial charge on any atom is 0.417 e. The van der Waals surface area contributed by atoms with Gasteiger partial charge in [0.1, 0.15) is 4.83 Å². The zero-order valence-electron chi connectivity index (χ0n) is 14.4. The van der Waals surface area contributed by atoms with Crippen molar-refractivity contribution in [3.63, 3.8) is 0 Å². The van der Waals surface area contributed by atoms with E-state index in [0.717, 1.165) is 23.0 Å². The molecule has 2 aromatic heterocycles. The number of thiophene rings is 1. The number of anilines is 1. The van der Waals surface area contributed by atoms with Crippen molar-refractivity contribution in [1.82, 2.24) is 4.98 Å². The van der Waals surface area contributed by atoms with Gasteiger partial charge < -0.3 is 16.2 Å². The fourth-order valence-corrected chi connectivity index (χ4v) is 3.66. The lowest BCUT2D eigenvalue weighted by molar-refractivity contribution is -0.136. The average Bonchev–Trinajstić information content (AvgIpc) is 2.88. The van der Waals surface area contributed by atoms with Crippen LogP contribution in [0, 0.1) is 0 Å². The van der Waals surface area contributed by atoms with Crippen molar-refractivity contribution in [2.75, 3.05) is 5.73 Å². The predicted molar refractivity (Wildman–Crippen MR) is 98.8 cm³/mol. The van der Waals surface area contributed by atoms with E-state index in [4.69, 9.17) is 16.2 Å². The van der Waals surface area contributed by atoms with E-state index >= 15 is 0 Å². The molecular weight excluding hydrogens is 379 g/mol. The van der Waals surface area contributed by atoms with Gasteiger partial charge in [0.2, 0.25) is 5.06 Å². The van der Waals surface area contributed by atoms with Gasteiger partial charge >= 0.3 is 12.3 Å². The number of halogens is 3. The first kappa shape index (κ1) is 19.0. The minimum Gasteiger partial charge on any atom is -0.397 e. The maximum atomic E-state index is 13.6. The monoisotopic (exact) mass is 395 g/mol. The van der Waals surface area contributed by atoms with Gasteiger partial charge in [0.15, 0.2) is 0 Å². The van der Waals surface area contributed by atoms with Crippen LogP contribution in [-0.2, 0) is 6.18 Å². The third kappa shape index (κ3) is 3.68. The summed E-state index contributed by atoms with van der Waals surface area (Å²) in [6.07, 6.45) is -5.82. The molecule has 0 spiro atoms. The number of amides is 1. The fourth-order valence-electron chi connectivity index (χ4n) is 2.68. The number of ether oxygens (including phenoxy) is 1. The van der Waals surface area contributed by atoms with Crippen molar-refractivity contribution in [2.45, 2.75) is 25.9 Å². The Bertz CT molecular complexity index is 1010. The summed E-state index contributed by atoms with van der Waals surface area (Å²) >= 11 is 0.740. The molecule has 0 bridgehead atoms. The number of fused-ring (bicyclic) bond motifs is 1. The number of carbonyl (C=O) groups is 1. The Kier molecular flexibility index (Phi) is 4.73. The predicted octanol–water partition coefficient (Wildman–Crippen LogP) is 5.15. The van der Waals surface area contributed by atoms with Gasteiger partial charge in [-0.3, -0.25) is 0 Å². The molecule has 2 heterocycles. The Morgan fingerprint density at radius 3 is 2.37 bits per heavy atom. The molecule has 0 aliphatic heterocycles. The van der Waals surface area contributed by atoms with Gasteiger partial charge in [0.25, 0.3) is 0 Å². The number of hydrogen-bond donors (Lipinski definition) is 2. The Morgan fingerprint density at radius 1 is 1.22 bits per heavy atom. The lowest BCUT2D eigenvalue weighted by Gasteiger charge is -2.12. The lowest BCUT2D eigenvalue weighted by Crippen LogP contribution is -2.16. The molecule has 0 saturated heterocycles. The van der Waals surface area contributed by atoms with Crippen LogP contribution >= 0.6 is 11.3 Å². The van der Waals surface area contributed by atoms with Crippen molar-refractivity contribution in [3.05, 3.63) is 41.5 Å². The highest BCUT2D eigenvalue weighted by Gasteiger charge is 2.36. The molecule has 0 aliphatic carbocycles. The van der Waals surface area contributed by atoms with Crippen LogP contribution in [-0.4, -0.2) is 11.1 Å². The van der Waals surface area contributed by atoms with E-state index in [-0.39, 0.29) is 26.7 Å². The lowest BCUT2D eigenvalue weighted by atomic mass is 10.00. The van der Waals surface area contributed by atoms with E-state index in [1.165, 1.54) is 0 Å². The molecule has 0 radical (unpaired) electrons. The third-order valence-electron chi connectivity index (χ3n) is 4.04. The van der Waals surface area contributed by atoms with Crippen LogP contribution in [0.5, 0.6) is 5.06 Å². The van der Waals surface area contributed by atoms with Crippen LogP contribution in [0.4, 0.5) is 23.7 Å². The van der Waals surface area contributed by atoms with E-state index < -0.39 is 17.8 Å². The van der Waals surface area contributed by atoms with Crippen molar-refractivity contribution >= 4 is 33.3 Å². The average molecular weight is 395 g/mol. The molecule has 0 unspecified atom stereocenters. The maximum absolute atomic E-state index is 13.6. The second kappa shape index (κ2) is 6.73. The van der Waals surface area contributed by atoms with E-state index in [2.05, 4.69) is 4.98 Å². The number of nitrogens with zero attached hydrogens (tertiary/aromatic N) is 1. The Balaban J connectivity index is 2.22. The quantitative estimate of drug-likeness (QED) is 0.642. The minimum absolute atomic E-state index is 0.0153. The summed E-state index contributed by atoms with van der Waals surface area (Å²) in [5.41, 5.74) is 11.2. The van der Waals surface area contributed by atoms with Gasteiger partial charge in [-0.1, -0.05) is 49.4 Å². The summed E-state index contributed by atoms with van der Waals surface area (Å²) in [6.45, 7) is 4.05. The molecule has 27 heavy (non-hydrogen) atoms. The number of primary amides is 1. The first-order valence-electron chi connectivity index (χ1n) is 7.95. The number of alkyl halides is 3. The molecule has 3 aromatic rings. The molecule has 0 atom stereocenters. The number of hydrogen-bond acceptors (Lipinski definition) is 5. The molecule has 142 valence electrons. The second-order valence-electron chi connectivity index (χ2n) is 6.23. The van der Waals surface area contributed by atoms with Crippen LogP contribution in [0.1, 0.15) is 30.9 Å². The van der Waals surface area contributed by atoms with Gasteiger partial charge in [-0.2, -0.15) is 13.2 Å². The molecule has 0 fully saturated rings. The summed E-state index contributed by atoms with van der Waals surface area (Å²) in [5, 5.41) is -0.505. The van der Waals surface area contributed by atoms with Crippen LogP contribution in [0.25, 0.3) is 21.5 Å². The first-order valence-corrected chi connectivity index (χ1v) is 8.77. The molecule has 5 nitrogen and oxygen atoms in total. The summed E-state index contributed by atoms with van der Waals surface area (Å²) < 4.78 is 45.6. The number of benzene rings is 1. The summed E-state index contributed by atoms with van der Waals surface area (Å²) in [6, 6.07) is 8.10. The Morgan fingerprint density at radius 2 is 1.85 bits per heavy atom. The molecular formula is C18H16F3N3O2S. The molecule has 1 aromatic carbocycles.